The number of rotatable bonds is 6. The Hall–Kier alpha value is -3.76. The molecule has 0 unspecified atom stereocenters. The van der Waals surface area contributed by atoms with Crippen LogP contribution in [-0.2, 0) is 10.0 Å². The van der Waals surface area contributed by atoms with E-state index < -0.39 is 32.5 Å². The van der Waals surface area contributed by atoms with Crippen LogP contribution in [0.4, 0.5) is 20.2 Å². The van der Waals surface area contributed by atoms with E-state index in [4.69, 9.17) is 11.6 Å². The van der Waals surface area contributed by atoms with E-state index in [-0.39, 0.29) is 22.1 Å². The summed E-state index contributed by atoms with van der Waals surface area (Å²) >= 11 is 6.01. The lowest BCUT2D eigenvalue weighted by Crippen LogP contribution is -2.18. The zero-order valence-electron chi connectivity index (χ0n) is 16.7. The molecule has 0 spiro atoms. The number of carbonyl (C=O) groups excluding carboxylic acids is 1. The van der Waals surface area contributed by atoms with Gasteiger partial charge in [0.25, 0.3) is 15.9 Å². The fourth-order valence-corrected chi connectivity index (χ4v) is 4.30. The van der Waals surface area contributed by atoms with Crippen LogP contribution in [0, 0.1) is 11.6 Å². The van der Waals surface area contributed by atoms with Gasteiger partial charge >= 0.3 is 0 Å². The van der Waals surface area contributed by atoms with E-state index in [9.17, 15) is 22.0 Å². The summed E-state index contributed by atoms with van der Waals surface area (Å²) in [6, 6.07) is 16.0. The minimum absolute atomic E-state index is 0.0119. The van der Waals surface area contributed by atoms with Gasteiger partial charge in [0.1, 0.15) is 16.5 Å². The third kappa shape index (κ3) is 5.02. The first-order valence-electron chi connectivity index (χ1n) is 9.43. The van der Waals surface area contributed by atoms with Crippen LogP contribution in [0.3, 0.4) is 0 Å². The number of nitrogens with zero attached hydrogens (tertiary/aromatic N) is 2. The third-order valence-electron chi connectivity index (χ3n) is 4.49. The van der Waals surface area contributed by atoms with Crippen LogP contribution in [0.5, 0.6) is 0 Å². The summed E-state index contributed by atoms with van der Waals surface area (Å²) in [6.45, 7) is 0. The maximum absolute atomic E-state index is 14.0. The predicted octanol–water partition coefficient (Wildman–Crippen LogP) is 4.86. The number of hydrogen-bond donors (Lipinski definition) is 2. The second kappa shape index (κ2) is 9.00. The molecule has 0 saturated heterocycles. The van der Waals surface area contributed by atoms with E-state index >= 15 is 0 Å². The number of amides is 1. The molecular formula is C22H15ClF2N4O3S. The van der Waals surface area contributed by atoms with Crippen LogP contribution in [0.25, 0.3) is 5.69 Å². The average Bonchev–Trinajstić information content (AvgIpc) is 3.26. The minimum atomic E-state index is -4.29. The van der Waals surface area contributed by atoms with Crippen LogP contribution in [-0.4, -0.2) is 24.1 Å². The third-order valence-corrected chi connectivity index (χ3v) is 6.13. The average molecular weight is 489 g/mol. The first-order chi connectivity index (χ1) is 15.7. The lowest BCUT2D eigenvalue weighted by Gasteiger charge is -2.14. The molecule has 7 nitrogen and oxygen atoms in total. The van der Waals surface area contributed by atoms with Gasteiger partial charge in [-0.3, -0.25) is 9.52 Å². The molecule has 2 N–H and O–H groups in total. The SMILES string of the molecule is O=C(Nc1cc(Cl)ccc1NS(=O)(=O)c1ccccc1F)c1ccn(-c2cccc(F)c2)n1. The molecular weight excluding hydrogens is 474 g/mol. The van der Waals surface area contributed by atoms with E-state index in [1.165, 1.54) is 65.5 Å². The van der Waals surface area contributed by atoms with Gasteiger partial charge in [-0.15, -0.1) is 0 Å². The second-order valence-corrected chi connectivity index (χ2v) is 8.89. The number of nitrogens with one attached hydrogen (secondary N) is 2. The van der Waals surface area contributed by atoms with Gasteiger partial charge in [-0.2, -0.15) is 5.10 Å². The summed E-state index contributed by atoms with van der Waals surface area (Å²) in [4.78, 5) is 12.2. The Morgan fingerprint density at radius 2 is 1.73 bits per heavy atom. The van der Waals surface area contributed by atoms with Gasteiger partial charge in [0.05, 0.1) is 17.1 Å². The van der Waals surface area contributed by atoms with Gasteiger partial charge in [0.15, 0.2) is 5.69 Å². The number of aromatic nitrogens is 2. The van der Waals surface area contributed by atoms with Crippen molar-refractivity contribution >= 4 is 38.9 Å². The first-order valence-corrected chi connectivity index (χ1v) is 11.3. The van der Waals surface area contributed by atoms with Crippen LogP contribution in [0.1, 0.15) is 10.5 Å². The molecule has 4 aromatic rings. The predicted molar refractivity (Wildman–Crippen MR) is 120 cm³/mol. The molecule has 3 aromatic carbocycles. The van der Waals surface area contributed by atoms with Crippen molar-refractivity contribution in [3.05, 3.63) is 101 Å². The van der Waals surface area contributed by atoms with E-state index in [1.54, 1.807) is 6.07 Å². The van der Waals surface area contributed by atoms with Gasteiger partial charge in [0, 0.05) is 11.2 Å². The normalized spacial score (nSPS) is 11.2. The molecule has 1 aromatic heterocycles. The zero-order chi connectivity index (χ0) is 23.6. The summed E-state index contributed by atoms with van der Waals surface area (Å²) in [5.41, 5.74) is 0.408. The molecule has 33 heavy (non-hydrogen) atoms. The summed E-state index contributed by atoms with van der Waals surface area (Å²) < 4.78 is 56.4. The van der Waals surface area contributed by atoms with Crippen molar-refractivity contribution < 1.29 is 22.0 Å². The standard InChI is InChI=1S/C22H15ClF2N4O3S/c23-14-8-9-18(28-33(31,32)21-7-2-1-6-17(21)25)20(12-14)26-22(30)19-10-11-29(27-19)16-5-3-4-15(24)13-16/h1-13,28H,(H,26,30). The number of sulfonamides is 1. The van der Waals surface area contributed by atoms with Gasteiger partial charge in [-0.05, 0) is 54.6 Å². The highest BCUT2D eigenvalue weighted by molar-refractivity contribution is 7.92. The smallest absolute Gasteiger partial charge is 0.276 e. The molecule has 1 heterocycles. The lowest BCUT2D eigenvalue weighted by atomic mass is 10.2. The molecule has 0 bridgehead atoms. The monoisotopic (exact) mass is 488 g/mol. The van der Waals surface area contributed by atoms with Crippen LogP contribution >= 0.6 is 11.6 Å². The Morgan fingerprint density at radius 1 is 0.939 bits per heavy atom. The Kier molecular flexibility index (Phi) is 6.12. The Labute approximate surface area is 192 Å². The molecule has 0 saturated carbocycles. The summed E-state index contributed by atoms with van der Waals surface area (Å²) in [5, 5.41) is 6.89. The Balaban J connectivity index is 1.60. The summed E-state index contributed by atoms with van der Waals surface area (Å²) in [6.07, 6.45) is 1.48. The van der Waals surface area contributed by atoms with E-state index in [2.05, 4.69) is 15.1 Å². The van der Waals surface area contributed by atoms with Crippen molar-refractivity contribution in [2.75, 3.05) is 10.0 Å². The molecule has 11 heteroatoms. The second-order valence-electron chi connectivity index (χ2n) is 6.81. The van der Waals surface area contributed by atoms with Crippen molar-refractivity contribution in [1.82, 2.24) is 9.78 Å². The number of hydrogen-bond acceptors (Lipinski definition) is 4. The number of carbonyl (C=O) groups is 1. The molecule has 0 atom stereocenters. The van der Waals surface area contributed by atoms with Crippen molar-refractivity contribution in [2.24, 2.45) is 0 Å². The highest BCUT2D eigenvalue weighted by Gasteiger charge is 2.21. The van der Waals surface area contributed by atoms with E-state index in [0.29, 0.717) is 5.69 Å². The van der Waals surface area contributed by atoms with Crippen LogP contribution in [0.15, 0.2) is 83.9 Å². The maximum Gasteiger partial charge on any atom is 0.276 e. The molecule has 0 aliphatic carbocycles. The molecule has 1 amide bonds. The van der Waals surface area contributed by atoms with Gasteiger partial charge in [0.2, 0.25) is 0 Å². The summed E-state index contributed by atoms with van der Waals surface area (Å²) in [7, 11) is -4.29. The highest BCUT2D eigenvalue weighted by atomic mass is 35.5. The fourth-order valence-electron chi connectivity index (χ4n) is 2.97. The topological polar surface area (TPSA) is 93.1 Å². The molecule has 0 aliphatic heterocycles. The fraction of sp³-hybridized carbons (Fsp3) is 0. The van der Waals surface area contributed by atoms with E-state index in [1.807, 2.05) is 0 Å². The van der Waals surface area contributed by atoms with Crippen LogP contribution in [0.2, 0.25) is 5.02 Å². The Morgan fingerprint density at radius 3 is 2.48 bits per heavy atom. The lowest BCUT2D eigenvalue weighted by molar-refractivity contribution is 0.102. The number of anilines is 2. The van der Waals surface area contributed by atoms with Crippen molar-refractivity contribution in [3.63, 3.8) is 0 Å². The van der Waals surface area contributed by atoms with Crippen LogP contribution < -0.4 is 10.0 Å². The largest absolute Gasteiger partial charge is 0.319 e. The number of benzene rings is 3. The summed E-state index contributed by atoms with van der Waals surface area (Å²) in [5.74, 6) is -2.05. The molecule has 0 aliphatic rings. The van der Waals surface area contributed by atoms with Gasteiger partial charge in [-0.25, -0.2) is 21.9 Å². The molecule has 0 radical (unpaired) electrons. The molecule has 168 valence electrons. The van der Waals surface area contributed by atoms with E-state index in [0.717, 1.165) is 12.1 Å². The highest BCUT2D eigenvalue weighted by Crippen LogP contribution is 2.29. The van der Waals surface area contributed by atoms with Crippen molar-refractivity contribution in [2.45, 2.75) is 4.90 Å². The minimum Gasteiger partial charge on any atom is -0.319 e. The van der Waals surface area contributed by atoms with Crippen molar-refractivity contribution in [3.8, 4) is 5.69 Å². The van der Waals surface area contributed by atoms with Gasteiger partial charge in [-0.1, -0.05) is 29.8 Å². The molecule has 0 fully saturated rings. The zero-order valence-corrected chi connectivity index (χ0v) is 18.2. The van der Waals surface area contributed by atoms with Gasteiger partial charge < -0.3 is 5.32 Å². The van der Waals surface area contributed by atoms with Crippen molar-refractivity contribution in [1.29, 1.82) is 0 Å². The first kappa shape index (κ1) is 22.4. The maximum atomic E-state index is 14.0. The molecule has 4 rings (SSSR count). The quantitative estimate of drug-likeness (QED) is 0.405. The number of halogens is 3. The Bertz CT molecular complexity index is 1460.